The molecule has 216 valence electrons. The third-order valence-electron chi connectivity index (χ3n) is 6.17. The summed E-state index contributed by atoms with van der Waals surface area (Å²) in [5.41, 5.74) is 4.14. The summed E-state index contributed by atoms with van der Waals surface area (Å²) in [6.07, 6.45) is -1.15. The second-order valence-corrected chi connectivity index (χ2v) is 8.88. The van der Waals surface area contributed by atoms with E-state index in [0.717, 1.165) is 45.9 Å². The Morgan fingerprint density at radius 3 is 2.16 bits per heavy atom. The van der Waals surface area contributed by atoms with Crippen molar-refractivity contribution in [3.8, 4) is 0 Å². The Morgan fingerprint density at radius 1 is 1.03 bits per heavy atom. The maximum absolute atomic E-state index is 10.6. The van der Waals surface area contributed by atoms with E-state index in [1.807, 2.05) is 12.4 Å². The third-order valence-corrected chi connectivity index (χ3v) is 6.17. The predicted octanol–water partition coefficient (Wildman–Crippen LogP) is 3.11. The van der Waals surface area contributed by atoms with Gasteiger partial charge in [-0.3, -0.25) is 9.88 Å². The zero-order valence-corrected chi connectivity index (χ0v) is 20.6. The molecule has 3 aliphatic rings. The van der Waals surface area contributed by atoms with Gasteiger partial charge < -0.3 is 24.6 Å². The Bertz CT molecular complexity index is 879. The molecule has 0 aliphatic carbocycles. The first kappa shape index (κ1) is 31.7. The second kappa shape index (κ2) is 14.6. The minimum atomic E-state index is -5.08. The summed E-state index contributed by atoms with van der Waals surface area (Å²) < 4.78 is 75.0. The Balaban J connectivity index is 0.000000301. The average molecular weight is 560 g/mol. The van der Waals surface area contributed by atoms with E-state index in [9.17, 15) is 26.3 Å². The standard InChI is InChI=1S/C19H29N3O2.2C2HF3O2/c1-2-6-21(5-1)8-10-24-14-17-12-20-11-16-13-22(7-3-19(16)17)18-4-9-23-15-18;2*3-2(4,5)1(6)7/h11-12,18H,1-10,13-15H2;2*(H,6,7). The Morgan fingerprint density at radius 2 is 1.63 bits per heavy atom. The predicted molar refractivity (Wildman–Crippen MR) is 120 cm³/mol. The number of rotatable bonds is 6. The molecule has 4 rings (SSSR count). The van der Waals surface area contributed by atoms with E-state index < -0.39 is 24.3 Å². The summed E-state index contributed by atoms with van der Waals surface area (Å²) in [7, 11) is 0. The molecule has 1 atom stereocenters. The maximum Gasteiger partial charge on any atom is 0.490 e. The Kier molecular flexibility index (Phi) is 12.2. The van der Waals surface area contributed by atoms with E-state index in [-0.39, 0.29) is 0 Å². The lowest BCUT2D eigenvalue weighted by molar-refractivity contribution is -0.193. The van der Waals surface area contributed by atoms with Crippen LogP contribution in [0.4, 0.5) is 26.3 Å². The van der Waals surface area contributed by atoms with Gasteiger partial charge in [0, 0.05) is 44.7 Å². The first-order chi connectivity index (χ1) is 17.8. The average Bonchev–Trinajstić information content (AvgIpc) is 3.56. The van der Waals surface area contributed by atoms with Crippen molar-refractivity contribution in [1.29, 1.82) is 0 Å². The number of hydrogen-bond donors (Lipinski definition) is 2. The van der Waals surface area contributed by atoms with Crippen molar-refractivity contribution in [2.45, 2.75) is 57.2 Å². The van der Waals surface area contributed by atoms with Crippen molar-refractivity contribution >= 4 is 11.9 Å². The van der Waals surface area contributed by atoms with Crippen molar-refractivity contribution in [2.75, 3.05) is 46.0 Å². The molecule has 0 bridgehead atoms. The number of aliphatic carboxylic acids is 2. The summed E-state index contributed by atoms with van der Waals surface area (Å²) in [4.78, 5) is 27.3. The fourth-order valence-corrected chi connectivity index (χ4v) is 4.22. The fourth-order valence-electron chi connectivity index (χ4n) is 4.22. The quantitative estimate of drug-likeness (QED) is 0.401. The molecule has 2 N–H and O–H groups in total. The van der Waals surface area contributed by atoms with Gasteiger partial charge in [0.15, 0.2) is 0 Å². The molecule has 0 amide bonds. The van der Waals surface area contributed by atoms with Crippen LogP contribution in [0.3, 0.4) is 0 Å². The van der Waals surface area contributed by atoms with Crippen LogP contribution in [0.2, 0.25) is 0 Å². The van der Waals surface area contributed by atoms with Gasteiger partial charge in [-0.25, -0.2) is 9.59 Å². The summed E-state index contributed by atoms with van der Waals surface area (Å²) >= 11 is 0. The third kappa shape index (κ3) is 10.7. The monoisotopic (exact) mass is 559 g/mol. The Labute approximate surface area is 215 Å². The topological polar surface area (TPSA) is 112 Å². The van der Waals surface area contributed by atoms with Crippen LogP contribution in [-0.4, -0.2) is 101 Å². The van der Waals surface area contributed by atoms with Gasteiger partial charge in [0.05, 0.1) is 19.8 Å². The number of carboxylic acids is 2. The lowest BCUT2D eigenvalue weighted by atomic mass is 9.96. The minimum Gasteiger partial charge on any atom is -0.475 e. The van der Waals surface area contributed by atoms with Crippen LogP contribution >= 0.6 is 0 Å². The SMILES string of the molecule is O=C(O)C(F)(F)F.O=C(O)C(F)(F)F.c1ncc2c(c1COCCN1CCCC1)CCN(C1CCOC1)C2. The smallest absolute Gasteiger partial charge is 0.475 e. The number of nitrogens with zero attached hydrogens (tertiary/aromatic N) is 3. The van der Waals surface area contributed by atoms with E-state index in [0.29, 0.717) is 12.6 Å². The van der Waals surface area contributed by atoms with Gasteiger partial charge in [0.25, 0.3) is 0 Å². The molecule has 0 spiro atoms. The zero-order valence-electron chi connectivity index (χ0n) is 20.6. The van der Waals surface area contributed by atoms with Gasteiger partial charge in [-0.2, -0.15) is 26.3 Å². The number of ether oxygens (including phenoxy) is 2. The molecule has 0 aromatic carbocycles. The molecule has 3 aliphatic heterocycles. The van der Waals surface area contributed by atoms with Crippen LogP contribution in [0.1, 0.15) is 36.0 Å². The van der Waals surface area contributed by atoms with Crippen LogP contribution in [0.15, 0.2) is 12.4 Å². The molecule has 4 heterocycles. The molecule has 38 heavy (non-hydrogen) atoms. The summed E-state index contributed by atoms with van der Waals surface area (Å²) in [5, 5.41) is 14.2. The summed E-state index contributed by atoms with van der Waals surface area (Å²) in [6, 6.07) is 0.596. The molecule has 1 aromatic rings. The molecule has 15 heteroatoms. The van der Waals surface area contributed by atoms with Crippen LogP contribution in [0, 0.1) is 0 Å². The number of halogens is 6. The number of likely N-dealkylation sites (tertiary alicyclic amines) is 1. The molecule has 0 saturated carbocycles. The van der Waals surface area contributed by atoms with E-state index in [4.69, 9.17) is 29.3 Å². The lowest BCUT2D eigenvalue weighted by Crippen LogP contribution is -2.40. The number of carbonyl (C=O) groups is 2. The number of hydrogen-bond acceptors (Lipinski definition) is 7. The molecular formula is C23H31F6N3O6. The highest BCUT2D eigenvalue weighted by Crippen LogP contribution is 2.25. The van der Waals surface area contributed by atoms with Crippen molar-refractivity contribution in [1.82, 2.24) is 14.8 Å². The van der Waals surface area contributed by atoms with Gasteiger partial charge in [-0.15, -0.1) is 0 Å². The number of alkyl halides is 6. The first-order valence-corrected chi connectivity index (χ1v) is 12.0. The second-order valence-electron chi connectivity index (χ2n) is 8.88. The highest BCUT2D eigenvalue weighted by atomic mass is 19.4. The van der Waals surface area contributed by atoms with Crippen LogP contribution in [-0.2, 0) is 38.6 Å². The van der Waals surface area contributed by atoms with Crippen molar-refractivity contribution in [2.24, 2.45) is 0 Å². The van der Waals surface area contributed by atoms with Gasteiger partial charge in [-0.1, -0.05) is 0 Å². The van der Waals surface area contributed by atoms with E-state index in [2.05, 4.69) is 14.8 Å². The fraction of sp³-hybridized carbons (Fsp3) is 0.696. The normalized spacial score (nSPS) is 20.1. The molecule has 9 nitrogen and oxygen atoms in total. The lowest BCUT2D eigenvalue weighted by Gasteiger charge is -2.33. The molecule has 1 aromatic heterocycles. The van der Waals surface area contributed by atoms with Crippen molar-refractivity contribution in [3.63, 3.8) is 0 Å². The highest BCUT2D eigenvalue weighted by molar-refractivity contribution is 5.73. The number of fused-ring (bicyclic) bond motifs is 1. The van der Waals surface area contributed by atoms with E-state index in [1.165, 1.54) is 49.0 Å². The molecule has 0 radical (unpaired) electrons. The van der Waals surface area contributed by atoms with Crippen molar-refractivity contribution < 1.29 is 55.6 Å². The van der Waals surface area contributed by atoms with Gasteiger partial charge in [-0.05, 0) is 55.5 Å². The molecule has 2 fully saturated rings. The summed E-state index contributed by atoms with van der Waals surface area (Å²) in [5.74, 6) is -5.51. The minimum absolute atomic E-state index is 0.596. The van der Waals surface area contributed by atoms with Crippen LogP contribution in [0.25, 0.3) is 0 Å². The number of aromatic nitrogens is 1. The van der Waals surface area contributed by atoms with E-state index in [1.54, 1.807) is 0 Å². The van der Waals surface area contributed by atoms with Crippen LogP contribution < -0.4 is 0 Å². The molecule has 2 saturated heterocycles. The first-order valence-electron chi connectivity index (χ1n) is 12.0. The van der Waals surface area contributed by atoms with Gasteiger partial charge in [0.1, 0.15) is 0 Å². The van der Waals surface area contributed by atoms with Crippen molar-refractivity contribution in [3.05, 3.63) is 29.1 Å². The largest absolute Gasteiger partial charge is 0.490 e. The van der Waals surface area contributed by atoms with Gasteiger partial charge in [0.2, 0.25) is 0 Å². The molecule has 1 unspecified atom stereocenters. The van der Waals surface area contributed by atoms with Gasteiger partial charge >= 0.3 is 24.3 Å². The summed E-state index contributed by atoms with van der Waals surface area (Å²) in [6.45, 7) is 9.03. The number of pyridine rings is 1. The maximum atomic E-state index is 10.6. The highest BCUT2D eigenvalue weighted by Gasteiger charge is 2.39. The zero-order chi connectivity index (χ0) is 28.3. The number of carboxylic acid groups (broad SMARTS) is 2. The van der Waals surface area contributed by atoms with E-state index >= 15 is 0 Å². The Hall–Kier alpha value is -2.49. The molecular weight excluding hydrogens is 528 g/mol. The van der Waals surface area contributed by atoms with Crippen LogP contribution in [0.5, 0.6) is 0 Å².